The second-order valence-corrected chi connectivity index (χ2v) is 8.52. The number of thioether (sulfide) groups is 1. The van der Waals surface area contributed by atoms with Gasteiger partial charge in [0.05, 0.1) is 5.75 Å². The van der Waals surface area contributed by atoms with Crippen molar-refractivity contribution in [1.82, 2.24) is 14.9 Å². The number of benzene rings is 2. The van der Waals surface area contributed by atoms with E-state index in [2.05, 4.69) is 58.2 Å². The van der Waals surface area contributed by atoms with Crippen LogP contribution in [0.5, 0.6) is 0 Å². The Bertz CT molecular complexity index is 999. The normalized spacial score (nSPS) is 14.1. The van der Waals surface area contributed by atoms with Crippen molar-refractivity contribution in [2.24, 2.45) is 0 Å². The molecule has 6 heteroatoms. The second-order valence-electron chi connectivity index (χ2n) is 7.53. The first kappa shape index (κ1) is 20.4. The molecule has 0 radical (unpaired) electrons. The summed E-state index contributed by atoms with van der Waals surface area (Å²) >= 11 is 1.49. The topological polar surface area (TPSA) is 49.3 Å². The molecule has 2 heterocycles. The molecule has 30 heavy (non-hydrogen) atoms. The van der Waals surface area contributed by atoms with Gasteiger partial charge in [0.25, 0.3) is 0 Å². The first-order valence-electron chi connectivity index (χ1n) is 10.2. The summed E-state index contributed by atoms with van der Waals surface area (Å²) in [5.74, 6) is 1.28. The van der Waals surface area contributed by atoms with Crippen molar-refractivity contribution in [2.75, 3.05) is 36.8 Å². The lowest BCUT2D eigenvalue weighted by atomic mass is 10.1. The van der Waals surface area contributed by atoms with E-state index in [0.717, 1.165) is 42.5 Å². The molecule has 2 aromatic carbocycles. The summed E-state index contributed by atoms with van der Waals surface area (Å²) in [6.45, 7) is 7.27. The Morgan fingerprint density at radius 2 is 1.63 bits per heavy atom. The van der Waals surface area contributed by atoms with Gasteiger partial charge in [-0.3, -0.25) is 4.79 Å². The third-order valence-electron chi connectivity index (χ3n) is 5.24. The highest BCUT2D eigenvalue weighted by atomic mass is 32.2. The summed E-state index contributed by atoms with van der Waals surface area (Å²) in [5.41, 5.74) is 4.33. The van der Waals surface area contributed by atoms with Crippen molar-refractivity contribution >= 4 is 23.4 Å². The van der Waals surface area contributed by atoms with Crippen LogP contribution in [0.4, 0.5) is 5.69 Å². The zero-order valence-corrected chi connectivity index (χ0v) is 18.2. The molecule has 0 unspecified atom stereocenters. The summed E-state index contributed by atoms with van der Waals surface area (Å²) in [6.07, 6.45) is 0. The van der Waals surface area contributed by atoms with E-state index >= 15 is 0 Å². The Kier molecular flexibility index (Phi) is 6.33. The Balaban J connectivity index is 1.34. The van der Waals surface area contributed by atoms with E-state index in [0.29, 0.717) is 11.6 Å². The first-order valence-corrected chi connectivity index (χ1v) is 11.2. The Morgan fingerprint density at radius 1 is 0.933 bits per heavy atom. The number of aryl methyl sites for hydroxylation is 2. The Labute approximate surface area is 182 Å². The number of carbonyl (C=O) groups excluding carboxylic acids is 1. The molecule has 0 N–H and O–H groups in total. The maximum Gasteiger partial charge on any atom is 0.233 e. The van der Waals surface area contributed by atoms with Gasteiger partial charge in [0.2, 0.25) is 5.91 Å². The van der Waals surface area contributed by atoms with Crippen LogP contribution < -0.4 is 4.90 Å². The number of anilines is 1. The van der Waals surface area contributed by atoms with Gasteiger partial charge < -0.3 is 9.80 Å². The minimum atomic E-state index is 0.167. The molecule has 0 bridgehead atoms. The Morgan fingerprint density at radius 3 is 2.33 bits per heavy atom. The van der Waals surface area contributed by atoms with Crippen molar-refractivity contribution in [3.05, 3.63) is 71.9 Å². The molecule has 1 aliphatic heterocycles. The van der Waals surface area contributed by atoms with E-state index in [4.69, 9.17) is 0 Å². The van der Waals surface area contributed by atoms with Crippen LogP contribution in [0.2, 0.25) is 0 Å². The predicted molar refractivity (Wildman–Crippen MR) is 123 cm³/mol. The molecule has 0 aliphatic carbocycles. The number of amides is 1. The van der Waals surface area contributed by atoms with E-state index in [1.165, 1.54) is 23.0 Å². The van der Waals surface area contributed by atoms with E-state index in [1.807, 2.05) is 36.1 Å². The van der Waals surface area contributed by atoms with Gasteiger partial charge in [-0.25, -0.2) is 9.97 Å². The molecule has 154 valence electrons. The predicted octanol–water partition coefficient (Wildman–Crippen LogP) is 4.20. The zero-order valence-electron chi connectivity index (χ0n) is 17.4. The summed E-state index contributed by atoms with van der Waals surface area (Å²) in [6, 6.07) is 20.5. The molecule has 0 atom stereocenters. The molecule has 0 saturated carbocycles. The third kappa shape index (κ3) is 5.00. The summed E-state index contributed by atoms with van der Waals surface area (Å²) in [7, 11) is 0. The molecule has 3 aromatic rings. The van der Waals surface area contributed by atoms with Crippen LogP contribution in [0.25, 0.3) is 11.4 Å². The van der Waals surface area contributed by atoms with E-state index in [-0.39, 0.29) is 5.91 Å². The highest BCUT2D eigenvalue weighted by molar-refractivity contribution is 7.99. The molecule has 1 aliphatic rings. The number of aromatic nitrogens is 2. The van der Waals surface area contributed by atoms with E-state index in [1.54, 1.807) is 0 Å². The van der Waals surface area contributed by atoms with Crippen LogP contribution in [-0.2, 0) is 4.79 Å². The van der Waals surface area contributed by atoms with E-state index in [9.17, 15) is 4.79 Å². The van der Waals surface area contributed by atoms with Gasteiger partial charge in [-0.05, 0) is 32.0 Å². The number of hydrogen-bond acceptors (Lipinski definition) is 5. The summed E-state index contributed by atoms with van der Waals surface area (Å²) in [5, 5.41) is 0.842. The summed E-state index contributed by atoms with van der Waals surface area (Å²) < 4.78 is 0. The van der Waals surface area contributed by atoms with Crippen LogP contribution in [0.15, 0.2) is 65.7 Å². The summed E-state index contributed by atoms with van der Waals surface area (Å²) in [4.78, 5) is 26.3. The molecule has 0 spiro atoms. The van der Waals surface area contributed by atoms with Gasteiger partial charge in [0, 0.05) is 43.1 Å². The van der Waals surface area contributed by atoms with Crippen molar-refractivity contribution < 1.29 is 4.79 Å². The standard InChI is InChI=1S/C24H26N4OS/c1-18-8-10-20(11-9-18)24-25-19(2)16-22(26-24)30-17-23(29)28-14-12-27(13-15-28)21-6-4-3-5-7-21/h3-11,16H,12-15,17H2,1-2H3. The highest BCUT2D eigenvalue weighted by Crippen LogP contribution is 2.23. The van der Waals surface area contributed by atoms with Crippen molar-refractivity contribution in [1.29, 1.82) is 0 Å². The molecule has 4 rings (SSSR count). The number of nitrogens with zero attached hydrogens (tertiary/aromatic N) is 4. The van der Waals surface area contributed by atoms with Gasteiger partial charge >= 0.3 is 0 Å². The monoisotopic (exact) mass is 418 g/mol. The lowest BCUT2D eigenvalue weighted by molar-refractivity contribution is -0.128. The second kappa shape index (κ2) is 9.30. The SMILES string of the molecule is Cc1ccc(-c2nc(C)cc(SCC(=O)N3CCN(c4ccccc4)CC3)n2)cc1. The minimum Gasteiger partial charge on any atom is -0.368 e. The number of piperazine rings is 1. The fourth-order valence-corrected chi connectivity index (χ4v) is 4.38. The van der Waals surface area contributed by atoms with Gasteiger partial charge in [-0.15, -0.1) is 0 Å². The van der Waals surface area contributed by atoms with Gasteiger partial charge in [0.1, 0.15) is 5.03 Å². The maximum atomic E-state index is 12.7. The van der Waals surface area contributed by atoms with Crippen LogP contribution in [-0.4, -0.2) is 52.7 Å². The molecule has 5 nitrogen and oxygen atoms in total. The first-order chi connectivity index (χ1) is 14.6. The maximum absolute atomic E-state index is 12.7. The average molecular weight is 419 g/mol. The fraction of sp³-hybridized carbons (Fsp3) is 0.292. The molecule has 1 fully saturated rings. The number of hydrogen-bond donors (Lipinski definition) is 0. The number of rotatable bonds is 5. The molecular weight excluding hydrogens is 392 g/mol. The molecular formula is C24H26N4OS. The van der Waals surface area contributed by atoms with Gasteiger partial charge in [-0.2, -0.15) is 0 Å². The van der Waals surface area contributed by atoms with Gasteiger partial charge in [0.15, 0.2) is 5.82 Å². The third-order valence-corrected chi connectivity index (χ3v) is 6.13. The molecule has 1 saturated heterocycles. The van der Waals surface area contributed by atoms with Gasteiger partial charge in [-0.1, -0.05) is 59.8 Å². The van der Waals surface area contributed by atoms with Crippen LogP contribution in [0.1, 0.15) is 11.3 Å². The quantitative estimate of drug-likeness (QED) is 0.459. The Hall–Kier alpha value is -2.86. The highest BCUT2D eigenvalue weighted by Gasteiger charge is 2.21. The number of para-hydroxylation sites is 1. The lowest BCUT2D eigenvalue weighted by Gasteiger charge is -2.36. The van der Waals surface area contributed by atoms with Crippen LogP contribution in [0, 0.1) is 13.8 Å². The van der Waals surface area contributed by atoms with Crippen molar-refractivity contribution in [3.63, 3.8) is 0 Å². The van der Waals surface area contributed by atoms with Crippen LogP contribution in [0.3, 0.4) is 0 Å². The van der Waals surface area contributed by atoms with Crippen molar-refractivity contribution in [3.8, 4) is 11.4 Å². The zero-order chi connectivity index (χ0) is 20.9. The molecule has 1 amide bonds. The van der Waals surface area contributed by atoms with E-state index < -0.39 is 0 Å². The van der Waals surface area contributed by atoms with Crippen molar-refractivity contribution in [2.45, 2.75) is 18.9 Å². The number of carbonyl (C=O) groups is 1. The average Bonchev–Trinajstić information content (AvgIpc) is 2.78. The smallest absolute Gasteiger partial charge is 0.233 e. The lowest BCUT2D eigenvalue weighted by Crippen LogP contribution is -2.49. The fourth-order valence-electron chi connectivity index (χ4n) is 3.53. The van der Waals surface area contributed by atoms with Crippen LogP contribution >= 0.6 is 11.8 Å². The largest absolute Gasteiger partial charge is 0.368 e. The minimum absolute atomic E-state index is 0.167. The molecule has 1 aromatic heterocycles.